The number of aromatic nitrogens is 2. The molecular formula is C19H15N3O2S. The molecule has 25 heavy (non-hydrogen) atoms. The smallest absolute Gasteiger partial charge is 0.269 e. The van der Waals surface area contributed by atoms with Gasteiger partial charge < -0.3 is 5.73 Å². The van der Waals surface area contributed by atoms with Crippen LogP contribution in [0.3, 0.4) is 0 Å². The number of pyridine rings is 1. The van der Waals surface area contributed by atoms with Gasteiger partial charge in [0.2, 0.25) is 0 Å². The summed E-state index contributed by atoms with van der Waals surface area (Å²) in [6.45, 7) is 0. The number of rotatable bonds is 3. The van der Waals surface area contributed by atoms with Crippen LogP contribution in [0.1, 0.15) is 0 Å². The molecule has 0 fully saturated rings. The number of nitrogen functional groups attached to an aromatic ring is 1. The number of nitrogens with two attached hydrogens (primary N) is 1. The predicted molar refractivity (Wildman–Crippen MR) is 98.6 cm³/mol. The Morgan fingerprint density at radius 2 is 1.72 bits per heavy atom. The maximum absolute atomic E-state index is 12.9. The molecule has 0 aliphatic heterocycles. The van der Waals surface area contributed by atoms with Crippen molar-refractivity contribution in [2.24, 2.45) is 0 Å². The zero-order chi connectivity index (χ0) is 17.4. The first kappa shape index (κ1) is 15.4. The SMILES string of the molecule is Nc1cccc(-c2ccnc3c2ccn3S(=O)(=O)c2ccccc2)c1. The molecule has 0 atom stereocenters. The highest BCUT2D eigenvalue weighted by atomic mass is 32.2. The quantitative estimate of drug-likeness (QED) is 0.574. The minimum absolute atomic E-state index is 0.226. The van der Waals surface area contributed by atoms with Crippen molar-refractivity contribution < 1.29 is 8.42 Å². The largest absolute Gasteiger partial charge is 0.399 e. The second kappa shape index (κ2) is 5.75. The molecule has 0 aliphatic carbocycles. The van der Waals surface area contributed by atoms with Gasteiger partial charge in [-0.05, 0) is 47.5 Å². The van der Waals surface area contributed by atoms with Gasteiger partial charge in [0.1, 0.15) is 0 Å². The van der Waals surface area contributed by atoms with Crippen molar-refractivity contribution >= 4 is 26.7 Å². The Morgan fingerprint density at radius 3 is 2.48 bits per heavy atom. The average molecular weight is 349 g/mol. The highest BCUT2D eigenvalue weighted by Crippen LogP contribution is 2.30. The first-order valence-corrected chi connectivity index (χ1v) is 9.14. The van der Waals surface area contributed by atoms with Gasteiger partial charge in [-0.2, -0.15) is 0 Å². The molecule has 5 nitrogen and oxygen atoms in total. The summed E-state index contributed by atoms with van der Waals surface area (Å²) in [5.41, 5.74) is 8.72. The zero-order valence-corrected chi connectivity index (χ0v) is 14.0. The lowest BCUT2D eigenvalue weighted by Gasteiger charge is -2.08. The molecule has 0 unspecified atom stereocenters. The van der Waals surface area contributed by atoms with Crippen LogP contribution < -0.4 is 5.73 Å². The van der Waals surface area contributed by atoms with Gasteiger partial charge in [0.05, 0.1) is 4.90 Å². The van der Waals surface area contributed by atoms with Gasteiger partial charge in [0, 0.05) is 23.5 Å². The fourth-order valence-electron chi connectivity index (χ4n) is 2.87. The molecule has 2 aromatic carbocycles. The molecule has 6 heteroatoms. The molecule has 2 heterocycles. The van der Waals surface area contributed by atoms with Crippen LogP contribution in [-0.2, 0) is 10.0 Å². The zero-order valence-electron chi connectivity index (χ0n) is 13.2. The van der Waals surface area contributed by atoms with E-state index in [9.17, 15) is 8.42 Å². The molecule has 0 amide bonds. The minimum Gasteiger partial charge on any atom is -0.399 e. The van der Waals surface area contributed by atoms with Crippen LogP contribution in [0, 0.1) is 0 Å². The van der Waals surface area contributed by atoms with Crippen molar-refractivity contribution in [2.75, 3.05) is 5.73 Å². The highest BCUT2D eigenvalue weighted by molar-refractivity contribution is 7.90. The Kier molecular flexibility index (Phi) is 3.54. The summed E-state index contributed by atoms with van der Waals surface area (Å²) in [4.78, 5) is 4.52. The Balaban J connectivity index is 1.94. The number of nitrogens with zero attached hydrogens (tertiary/aromatic N) is 2. The molecule has 2 aromatic heterocycles. The van der Waals surface area contributed by atoms with Crippen molar-refractivity contribution in [3.63, 3.8) is 0 Å². The summed E-state index contributed by atoms with van der Waals surface area (Å²) in [6.07, 6.45) is 3.15. The van der Waals surface area contributed by atoms with Gasteiger partial charge in [0.25, 0.3) is 10.0 Å². The lowest BCUT2D eigenvalue weighted by atomic mass is 10.0. The monoisotopic (exact) mass is 349 g/mol. The third-order valence-electron chi connectivity index (χ3n) is 4.05. The number of hydrogen-bond donors (Lipinski definition) is 1. The molecular weight excluding hydrogens is 334 g/mol. The highest BCUT2D eigenvalue weighted by Gasteiger charge is 2.20. The third kappa shape index (κ3) is 2.56. The maximum Gasteiger partial charge on any atom is 0.269 e. The van der Waals surface area contributed by atoms with E-state index in [-0.39, 0.29) is 4.90 Å². The van der Waals surface area contributed by atoms with Crippen molar-refractivity contribution in [1.82, 2.24) is 8.96 Å². The van der Waals surface area contributed by atoms with Crippen LogP contribution in [0.2, 0.25) is 0 Å². The van der Waals surface area contributed by atoms with E-state index in [1.807, 2.05) is 30.3 Å². The summed E-state index contributed by atoms with van der Waals surface area (Å²) in [5, 5.41) is 0.757. The second-order valence-corrected chi connectivity index (χ2v) is 7.47. The van der Waals surface area contributed by atoms with Gasteiger partial charge in [-0.1, -0.05) is 30.3 Å². The van der Waals surface area contributed by atoms with Crippen LogP contribution in [0.15, 0.2) is 84.0 Å². The molecule has 0 radical (unpaired) electrons. The number of anilines is 1. The Hall–Kier alpha value is -3.12. The van der Waals surface area contributed by atoms with Crippen LogP contribution in [0.4, 0.5) is 5.69 Å². The fourth-order valence-corrected chi connectivity index (χ4v) is 4.20. The first-order valence-electron chi connectivity index (χ1n) is 7.70. The van der Waals surface area contributed by atoms with Crippen LogP contribution in [0.5, 0.6) is 0 Å². The van der Waals surface area contributed by atoms with Gasteiger partial charge >= 0.3 is 0 Å². The van der Waals surface area contributed by atoms with Gasteiger partial charge in [-0.15, -0.1) is 0 Å². The average Bonchev–Trinajstić information content (AvgIpc) is 3.07. The van der Waals surface area contributed by atoms with E-state index in [1.165, 1.54) is 10.2 Å². The van der Waals surface area contributed by atoms with Crippen molar-refractivity contribution in [3.8, 4) is 11.1 Å². The Bertz CT molecular complexity index is 1170. The lowest BCUT2D eigenvalue weighted by molar-refractivity contribution is 0.589. The molecule has 0 bridgehead atoms. The van der Waals surface area contributed by atoms with E-state index < -0.39 is 10.0 Å². The molecule has 0 aliphatic rings. The van der Waals surface area contributed by atoms with Crippen LogP contribution in [0.25, 0.3) is 22.2 Å². The van der Waals surface area contributed by atoms with Gasteiger partial charge in [-0.25, -0.2) is 17.4 Å². The molecule has 124 valence electrons. The van der Waals surface area contributed by atoms with Crippen molar-refractivity contribution in [3.05, 3.63) is 79.1 Å². The molecule has 4 rings (SSSR count). The Labute approximate surface area is 145 Å². The van der Waals surface area contributed by atoms with E-state index in [2.05, 4.69) is 4.98 Å². The topological polar surface area (TPSA) is 78.0 Å². The van der Waals surface area contributed by atoms with E-state index >= 15 is 0 Å². The molecule has 0 saturated heterocycles. The summed E-state index contributed by atoms with van der Waals surface area (Å²) in [6, 6.07) is 19.4. The molecule has 0 spiro atoms. The van der Waals surface area contributed by atoms with Gasteiger partial charge in [0.15, 0.2) is 5.65 Å². The van der Waals surface area contributed by atoms with Gasteiger partial charge in [-0.3, -0.25) is 0 Å². The first-order chi connectivity index (χ1) is 12.1. The maximum atomic E-state index is 12.9. The van der Waals surface area contributed by atoms with Crippen molar-refractivity contribution in [1.29, 1.82) is 0 Å². The molecule has 4 aromatic rings. The van der Waals surface area contributed by atoms with E-state index in [0.717, 1.165) is 16.5 Å². The normalized spacial score (nSPS) is 11.7. The fraction of sp³-hybridized carbons (Fsp3) is 0. The standard InChI is InChI=1S/C19H15N3O2S/c20-15-6-4-5-14(13-15)17-9-11-21-19-18(17)10-12-22(19)25(23,24)16-7-2-1-3-8-16/h1-13H,20H2. The third-order valence-corrected chi connectivity index (χ3v) is 5.73. The number of hydrogen-bond acceptors (Lipinski definition) is 4. The summed E-state index contributed by atoms with van der Waals surface area (Å²) in [5.74, 6) is 0. The lowest BCUT2D eigenvalue weighted by Crippen LogP contribution is -2.12. The summed E-state index contributed by atoms with van der Waals surface area (Å²) >= 11 is 0. The predicted octanol–water partition coefficient (Wildman–Crippen LogP) is 3.52. The van der Waals surface area contributed by atoms with Crippen molar-refractivity contribution in [2.45, 2.75) is 4.90 Å². The minimum atomic E-state index is -3.70. The second-order valence-electron chi connectivity index (χ2n) is 5.65. The summed E-state index contributed by atoms with van der Waals surface area (Å²) in [7, 11) is -3.70. The molecule has 0 saturated carbocycles. The van der Waals surface area contributed by atoms with E-state index in [4.69, 9.17) is 5.73 Å². The number of benzene rings is 2. The van der Waals surface area contributed by atoms with Crippen LogP contribution in [-0.4, -0.2) is 17.4 Å². The van der Waals surface area contributed by atoms with Crippen LogP contribution >= 0.6 is 0 Å². The Morgan fingerprint density at radius 1 is 0.920 bits per heavy atom. The van der Waals surface area contributed by atoms with E-state index in [1.54, 1.807) is 42.6 Å². The summed E-state index contributed by atoms with van der Waals surface area (Å²) < 4.78 is 27.0. The number of fused-ring (bicyclic) bond motifs is 1. The molecule has 2 N–H and O–H groups in total. The van der Waals surface area contributed by atoms with E-state index in [0.29, 0.717) is 11.3 Å².